The first-order valence-electron chi connectivity index (χ1n) is 5.91. The summed E-state index contributed by atoms with van der Waals surface area (Å²) >= 11 is 0. The molecular formula is C12H20N4. The highest BCUT2D eigenvalue weighted by Crippen LogP contribution is 2.51. The molecule has 1 saturated carbocycles. The van der Waals surface area contributed by atoms with Gasteiger partial charge in [0, 0.05) is 19.8 Å². The molecule has 2 N–H and O–H groups in total. The van der Waals surface area contributed by atoms with E-state index in [1.165, 1.54) is 12.8 Å². The molecule has 1 fully saturated rings. The Labute approximate surface area is 96.9 Å². The van der Waals surface area contributed by atoms with Crippen molar-refractivity contribution in [3.8, 4) is 0 Å². The molecule has 16 heavy (non-hydrogen) atoms. The van der Waals surface area contributed by atoms with Crippen LogP contribution in [-0.4, -0.2) is 23.6 Å². The zero-order valence-corrected chi connectivity index (χ0v) is 10.2. The minimum Gasteiger partial charge on any atom is -0.369 e. The average Bonchev–Trinajstić information content (AvgIpc) is 3.08. The summed E-state index contributed by atoms with van der Waals surface area (Å²) in [5.74, 6) is 2.32. The van der Waals surface area contributed by atoms with E-state index < -0.39 is 0 Å². The summed E-state index contributed by atoms with van der Waals surface area (Å²) in [6.45, 7) is 5.62. The molecule has 4 nitrogen and oxygen atoms in total. The molecule has 1 heterocycles. The number of hydrogen-bond acceptors (Lipinski definition) is 4. The van der Waals surface area contributed by atoms with E-state index in [1.54, 1.807) is 6.20 Å². The summed E-state index contributed by atoms with van der Waals surface area (Å²) in [5.41, 5.74) is 0.505. The predicted octanol–water partition coefficient (Wildman–Crippen LogP) is 2.37. The molecule has 1 aromatic rings. The molecule has 0 spiro atoms. The van der Waals surface area contributed by atoms with Crippen LogP contribution in [0.4, 0.5) is 11.8 Å². The maximum absolute atomic E-state index is 4.35. The van der Waals surface area contributed by atoms with Crippen LogP contribution in [-0.2, 0) is 0 Å². The van der Waals surface area contributed by atoms with Crippen LogP contribution in [0.1, 0.15) is 26.7 Å². The van der Waals surface area contributed by atoms with Gasteiger partial charge in [0.25, 0.3) is 0 Å². The summed E-state index contributed by atoms with van der Waals surface area (Å²) < 4.78 is 0. The molecule has 88 valence electrons. The van der Waals surface area contributed by atoms with E-state index in [0.29, 0.717) is 11.4 Å². The van der Waals surface area contributed by atoms with E-state index >= 15 is 0 Å². The van der Waals surface area contributed by atoms with Crippen LogP contribution in [0.15, 0.2) is 12.3 Å². The third-order valence-corrected chi connectivity index (χ3v) is 3.62. The van der Waals surface area contributed by atoms with Gasteiger partial charge in [-0.05, 0) is 30.2 Å². The molecule has 4 heteroatoms. The van der Waals surface area contributed by atoms with Crippen LogP contribution in [0.3, 0.4) is 0 Å². The van der Waals surface area contributed by atoms with Crippen LogP contribution >= 0.6 is 0 Å². The van der Waals surface area contributed by atoms with E-state index in [9.17, 15) is 0 Å². The zero-order chi connectivity index (χ0) is 11.6. The van der Waals surface area contributed by atoms with Gasteiger partial charge in [-0.1, -0.05) is 13.8 Å². The first-order chi connectivity index (χ1) is 7.66. The first-order valence-corrected chi connectivity index (χ1v) is 5.91. The number of nitrogens with zero attached hydrogens (tertiary/aromatic N) is 2. The summed E-state index contributed by atoms with van der Waals surface area (Å²) in [5, 5.41) is 6.35. The standard InChI is InChI=1S/C12H20N4/c1-9(2)12(5-6-12)8-15-10-4-7-14-11(13-3)16-10/h4,7,9H,5-6,8H2,1-3H3,(H2,13,14,15,16). The monoisotopic (exact) mass is 220 g/mol. The van der Waals surface area contributed by atoms with Crippen molar-refractivity contribution >= 4 is 11.8 Å². The molecule has 0 atom stereocenters. The second-order valence-corrected chi connectivity index (χ2v) is 4.89. The topological polar surface area (TPSA) is 49.8 Å². The van der Waals surface area contributed by atoms with E-state index in [4.69, 9.17) is 0 Å². The number of rotatable bonds is 5. The van der Waals surface area contributed by atoms with E-state index in [1.807, 2.05) is 13.1 Å². The van der Waals surface area contributed by atoms with Crippen molar-refractivity contribution in [2.75, 3.05) is 24.2 Å². The van der Waals surface area contributed by atoms with Gasteiger partial charge in [0.2, 0.25) is 5.95 Å². The molecule has 0 amide bonds. The van der Waals surface area contributed by atoms with Crippen molar-refractivity contribution < 1.29 is 0 Å². The molecule has 0 radical (unpaired) electrons. The molecule has 0 aliphatic heterocycles. The molecule has 0 unspecified atom stereocenters. The minimum absolute atomic E-state index is 0.505. The largest absolute Gasteiger partial charge is 0.369 e. The van der Waals surface area contributed by atoms with Crippen molar-refractivity contribution in [2.24, 2.45) is 11.3 Å². The normalized spacial score (nSPS) is 17.2. The van der Waals surface area contributed by atoms with Crippen molar-refractivity contribution in [1.82, 2.24) is 9.97 Å². The van der Waals surface area contributed by atoms with E-state index in [2.05, 4.69) is 34.4 Å². The lowest BCUT2D eigenvalue weighted by atomic mass is 9.92. The van der Waals surface area contributed by atoms with Gasteiger partial charge in [-0.25, -0.2) is 4.98 Å². The lowest BCUT2D eigenvalue weighted by Gasteiger charge is -2.20. The third kappa shape index (κ3) is 2.26. The molecular weight excluding hydrogens is 200 g/mol. The smallest absolute Gasteiger partial charge is 0.224 e. The fraction of sp³-hybridized carbons (Fsp3) is 0.667. The summed E-state index contributed by atoms with van der Waals surface area (Å²) in [7, 11) is 1.83. The lowest BCUT2D eigenvalue weighted by molar-refractivity contribution is 0.380. The molecule has 0 saturated heterocycles. The Morgan fingerprint density at radius 3 is 2.75 bits per heavy atom. The van der Waals surface area contributed by atoms with E-state index in [0.717, 1.165) is 18.3 Å². The lowest BCUT2D eigenvalue weighted by Crippen LogP contribution is -2.21. The van der Waals surface area contributed by atoms with Gasteiger partial charge in [0.05, 0.1) is 0 Å². The van der Waals surface area contributed by atoms with Crippen LogP contribution in [0.25, 0.3) is 0 Å². The van der Waals surface area contributed by atoms with Crippen LogP contribution in [0, 0.1) is 11.3 Å². The first kappa shape index (κ1) is 11.2. The van der Waals surface area contributed by atoms with Crippen molar-refractivity contribution in [2.45, 2.75) is 26.7 Å². The highest BCUT2D eigenvalue weighted by molar-refractivity contribution is 5.39. The van der Waals surface area contributed by atoms with Crippen molar-refractivity contribution in [1.29, 1.82) is 0 Å². The van der Waals surface area contributed by atoms with Crippen molar-refractivity contribution in [3.63, 3.8) is 0 Å². The molecule has 0 bridgehead atoms. The molecule has 1 aliphatic rings. The Morgan fingerprint density at radius 2 is 2.19 bits per heavy atom. The minimum atomic E-state index is 0.505. The highest BCUT2D eigenvalue weighted by atomic mass is 15.1. The summed E-state index contributed by atoms with van der Waals surface area (Å²) in [6, 6.07) is 1.91. The Morgan fingerprint density at radius 1 is 1.44 bits per heavy atom. The molecule has 1 aromatic heterocycles. The summed E-state index contributed by atoms with van der Waals surface area (Å²) in [6.07, 6.45) is 4.44. The summed E-state index contributed by atoms with van der Waals surface area (Å²) in [4.78, 5) is 8.44. The maximum atomic E-state index is 4.35. The fourth-order valence-electron chi connectivity index (χ4n) is 1.96. The molecule has 2 rings (SSSR count). The van der Waals surface area contributed by atoms with Crippen LogP contribution in [0.2, 0.25) is 0 Å². The van der Waals surface area contributed by atoms with Crippen molar-refractivity contribution in [3.05, 3.63) is 12.3 Å². The second kappa shape index (κ2) is 4.28. The van der Waals surface area contributed by atoms with Crippen LogP contribution < -0.4 is 10.6 Å². The van der Waals surface area contributed by atoms with Crippen LogP contribution in [0.5, 0.6) is 0 Å². The third-order valence-electron chi connectivity index (χ3n) is 3.62. The van der Waals surface area contributed by atoms with E-state index in [-0.39, 0.29) is 0 Å². The fourth-order valence-corrected chi connectivity index (χ4v) is 1.96. The highest BCUT2D eigenvalue weighted by Gasteiger charge is 2.44. The molecule has 0 aromatic carbocycles. The van der Waals surface area contributed by atoms with Gasteiger partial charge < -0.3 is 10.6 Å². The Balaban J connectivity index is 1.94. The Bertz CT molecular complexity index is 358. The van der Waals surface area contributed by atoms with Gasteiger partial charge in [-0.2, -0.15) is 4.98 Å². The van der Waals surface area contributed by atoms with Gasteiger partial charge in [0.15, 0.2) is 0 Å². The Hall–Kier alpha value is -1.32. The van der Waals surface area contributed by atoms with Gasteiger partial charge in [-0.3, -0.25) is 0 Å². The number of hydrogen-bond donors (Lipinski definition) is 2. The van der Waals surface area contributed by atoms with Gasteiger partial charge in [-0.15, -0.1) is 0 Å². The zero-order valence-electron chi connectivity index (χ0n) is 10.2. The second-order valence-electron chi connectivity index (χ2n) is 4.89. The number of nitrogens with one attached hydrogen (secondary N) is 2. The van der Waals surface area contributed by atoms with Gasteiger partial charge >= 0.3 is 0 Å². The SMILES string of the molecule is CNc1nccc(NCC2(C(C)C)CC2)n1. The number of aromatic nitrogens is 2. The maximum Gasteiger partial charge on any atom is 0.224 e. The average molecular weight is 220 g/mol. The predicted molar refractivity (Wildman–Crippen MR) is 66.6 cm³/mol. The Kier molecular flexibility index (Phi) is 2.99. The number of anilines is 2. The molecule has 1 aliphatic carbocycles. The van der Waals surface area contributed by atoms with Gasteiger partial charge in [0.1, 0.15) is 5.82 Å². The quantitative estimate of drug-likeness (QED) is 0.800.